The van der Waals surface area contributed by atoms with Gasteiger partial charge in [-0.3, -0.25) is 0 Å². The first-order valence-corrected chi connectivity index (χ1v) is 13.1. The monoisotopic (exact) mass is 457 g/mol. The van der Waals surface area contributed by atoms with Gasteiger partial charge in [0, 0.05) is 11.1 Å². The normalized spacial score (nSPS) is 38.3. The minimum absolute atomic E-state index is 0.133. The number of hydrogen-bond acceptors (Lipinski definition) is 4. The molecular formula is C30H35NO3. The summed E-state index contributed by atoms with van der Waals surface area (Å²) in [5, 5.41) is 20.3. The van der Waals surface area contributed by atoms with Crippen LogP contribution in [0, 0.1) is 47.3 Å². The maximum Gasteiger partial charge on any atom is 0.354 e. The smallest absolute Gasteiger partial charge is 0.354 e. The SMILES string of the molecule is Cc1ccc(-c2oc(=O)c(C#N)c3c2C[C@H]2[C@@H]4CC[C@H]5C[C@@H](O)CC[C@]5(C)[C@H]4CC[C@]32C)cc1. The molecule has 1 aromatic carbocycles. The van der Waals surface area contributed by atoms with E-state index in [1.807, 2.05) is 12.1 Å². The van der Waals surface area contributed by atoms with Crippen molar-refractivity contribution in [2.45, 2.75) is 83.7 Å². The third-order valence-corrected chi connectivity index (χ3v) is 10.7. The molecule has 4 nitrogen and oxygen atoms in total. The Morgan fingerprint density at radius 3 is 2.56 bits per heavy atom. The zero-order chi connectivity index (χ0) is 23.8. The molecule has 0 aliphatic heterocycles. The van der Waals surface area contributed by atoms with E-state index in [2.05, 4.69) is 39.0 Å². The van der Waals surface area contributed by atoms with Gasteiger partial charge in [-0.05, 0) is 98.4 Å². The second kappa shape index (κ2) is 7.56. The zero-order valence-electron chi connectivity index (χ0n) is 20.6. The Balaban J connectivity index is 1.46. The lowest BCUT2D eigenvalue weighted by molar-refractivity contribution is -0.111. The summed E-state index contributed by atoms with van der Waals surface area (Å²) in [7, 11) is 0. The molecule has 0 radical (unpaired) electrons. The summed E-state index contributed by atoms with van der Waals surface area (Å²) in [5.41, 5.74) is 4.06. The fourth-order valence-corrected chi connectivity index (χ4v) is 8.90. The van der Waals surface area contributed by atoms with E-state index >= 15 is 0 Å². The van der Waals surface area contributed by atoms with Gasteiger partial charge in [0.15, 0.2) is 0 Å². The molecule has 1 heterocycles. The Labute approximate surface area is 202 Å². The van der Waals surface area contributed by atoms with Crippen molar-refractivity contribution in [3.8, 4) is 17.4 Å². The van der Waals surface area contributed by atoms with Crippen molar-refractivity contribution in [3.05, 3.63) is 56.9 Å². The summed E-state index contributed by atoms with van der Waals surface area (Å²) >= 11 is 0. The summed E-state index contributed by atoms with van der Waals surface area (Å²) < 4.78 is 5.87. The highest BCUT2D eigenvalue weighted by molar-refractivity contribution is 5.67. The van der Waals surface area contributed by atoms with Gasteiger partial charge in [-0.1, -0.05) is 43.7 Å². The van der Waals surface area contributed by atoms with Crippen LogP contribution in [0.3, 0.4) is 0 Å². The fraction of sp³-hybridized carbons (Fsp3) is 0.600. The van der Waals surface area contributed by atoms with Crippen molar-refractivity contribution in [1.82, 2.24) is 0 Å². The van der Waals surface area contributed by atoms with Crippen LogP contribution < -0.4 is 5.63 Å². The minimum atomic E-state index is -0.488. The molecule has 2 aromatic rings. The van der Waals surface area contributed by atoms with Gasteiger partial charge in [-0.25, -0.2) is 4.79 Å². The molecule has 0 saturated heterocycles. The second-order valence-electron chi connectivity index (χ2n) is 12.2. The van der Waals surface area contributed by atoms with Crippen molar-refractivity contribution in [3.63, 3.8) is 0 Å². The Morgan fingerprint density at radius 1 is 1.06 bits per heavy atom. The van der Waals surface area contributed by atoms with Gasteiger partial charge in [0.25, 0.3) is 0 Å². The Bertz CT molecular complexity index is 1240. The quantitative estimate of drug-likeness (QED) is 0.578. The molecule has 0 unspecified atom stereocenters. The van der Waals surface area contributed by atoms with Gasteiger partial charge in [0.05, 0.1) is 6.10 Å². The first-order chi connectivity index (χ1) is 16.3. The average molecular weight is 458 g/mol. The van der Waals surface area contributed by atoms with Gasteiger partial charge in [-0.15, -0.1) is 0 Å². The van der Waals surface area contributed by atoms with Crippen molar-refractivity contribution < 1.29 is 9.52 Å². The van der Waals surface area contributed by atoms with Gasteiger partial charge in [0.1, 0.15) is 17.4 Å². The van der Waals surface area contributed by atoms with Crippen LogP contribution in [0.2, 0.25) is 0 Å². The molecule has 4 aliphatic carbocycles. The molecule has 7 atom stereocenters. The molecule has 1 aromatic heterocycles. The lowest BCUT2D eigenvalue weighted by Crippen LogP contribution is -2.54. The summed E-state index contributed by atoms with van der Waals surface area (Å²) in [5.74, 6) is 2.97. The van der Waals surface area contributed by atoms with E-state index in [0.29, 0.717) is 34.8 Å². The molecule has 0 spiro atoms. The highest BCUT2D eigenvalue weighted by Crippen LogP contribution is 2.66. The molecular weight excluding hydrogens is 422 g/mol. The Hall–Kier alpha value is -2.38. The number of rotatable bonds is 1. The summed E-state index contributed by atoms with van der Waals surface area (Å²) in [6.45, 7) is 6.87. The standard InChI is InChI=1S/C30H35NO3/c1-17-4-6-18(7-5-17)27-22-15-25-21-9-8-19-14-20(32)10-12-29(19,2)24(21)11-13-30(25,3)26(22)23(16-31)28(33)34-27/h4-7,19-21,24-25,32H,8-15H2,1-3H3/t19-,20-,21+,24-,25-,29-,30-/m0/s1. The van der Waals surface area contributed by atoms with Crippen molar-refractivity contribution in [2.24, 2.45) is 29.1 Å². The molecule has 4 aliphatic rings. The molecule has 4 heteroatoms. The molecule has 0 bridgehead atoms. The number of nitriles is 1. The van der Waals surface area contributed by atoms with Crippen LogP contribution in [0.5, 0.6) is 0 Å². The number of aryl methyl sites for hydroxylation is 1. The second-order valence-corrected chi connectivity index (χ2v) is 12.2. The largest absolute Gasteiger partial charge is 0.421 e. The van der Waals surface area contributed by atoms with Gasteiger partial charge < -0.3 is 9.52 Å². The summed E-state index contributed by atoms with van der Waals surface area (Å²) in [6.07, 6.45) is 8.29. The number of fused-ring (bicyclic) bond motifs is 7. The van der Waals surface area contributed by atoms with Crippen molar-refractivity contribution in [2.75, 3.05) is 0 Å². The fourth-order valence-electron chi connectivity index (χ4n) is 8.90. The van der Waals surface area contributed by atoms with E-state index in [1.54, 1.807) is 0 Å². The third-order valence-electron chi connectivity index (χ3n) is 10.7. The molecule has 3 fully saturated rings. The van der Waals surface area contributed by atoms with Crippen LogP contribution in [0.1, 0.15) is 81.0 Å². The van der Waals surface area contributed by atoms with Gasteiger partial charge >= 0.3 is 5.63 Å². The van der Waals surface area contributed by atoms with E-state index in [9.17, 15) is 15.2 Å². The van der Waals surface area contributed by atoms with Crippen molar-refractivity contribution >= 4 is 0 Å². The lowest BCUT2D eigenvalue weighted by Gasteiger charge is -2.60. The molecule has 6 rings (SSSR count). The third kappa shape index (κ3) is 2.95. The number of aliphatic hydroxyl groups is 1. The topological polar surface area (TPSA) is 74.2 Å². The van der Waals surface area contributed by atoms with E-state index in [0.717, 1.165) is 55.2 Å². The molecule has 0 amide bonds. The first-order valence-electron chi connectivity index (χ1n) is 13.1. The van der Waals surface area contributed by atoms with Crippen LogP contribution in [0.25, 0.3) is 11.3 Å². The molecule has 1 N–H and O–H groups in total. The highest BCUT2D eigenvalue weighted by atomic mass is 16.4. The minimum Gasteiger partial charge on any atom is -0.421 e. The zero-order valence-corrected chi connectivity index (χ0v) is 20.6. The van der Waals surface area contributed by atoms with Gasteiger partial charge in [-0.2, -0.15) is 5.26 Å². The average Bonchev–Trinajstić information content (AvgIpc) is 3.13. The van der Waals surface area contributed by atoms with E-state index < -0.39 is 5.63 Å². The van der Waals surface area contributed by atoms with E-state index in [1.165, 1.54) is 18.4 Å². The first kappa shape index (κ1) is 22.1. The van der Waals surface area contributed by atoms with Crippen LogP contribution in [-0.4, -0.2) is 11.2 Å². The lowest BCUT2D eigenvalue weighted by atomic mass is 9.45. The Kier molecular flexibility index (Phi) is 4.91. The van der Waals surface area contributed by atoms with Crippen LogP contribution in [0.15, 0.2) is 33.5 Å². The van der Waals surface area contributed by atoms with E-state index in [4.69, 9.17) is 4.42 Å². The van der Waals surface area contributed by atoms with Crippen LogP contribution >= 0.6 is 0 Å². The Morgan fingerprint density at radius 2 is 1.82 bits per heavy atom. The number of hydrogen-bond donors (Lipinski definition) is 1. The van der Waals surface area contributed by atoms with Crippen LogP contribution in [0.4, 0.5) is 0 Å². The molecule has 178 valence electrons. The predicted molar refractivity (Wildman–Crippen MR) is 131 cm³/mol. The van der Waals surface area contributed by atoms with Crippen molar-refractivity contribution in [1.29, 1.82) is 5.26 Å². The number of benzene rings is 1. The number of nitrogens with zero attached hydrogens (tertiary/aromatic N) is 1. The highest BCUT2D eigenvalue weighted by Gasteiger charge is 2.60. The van der Waals surface area contributed by atoms with Crippen LogP contribution in [-0.2, 0) is 11.8 Å². The van der Waals surface area contributed by atoms with Gasteiger partial charge in [0.2, 0.25) is 0 Å². The summed E-state index contributed by atoms with van der Waals surface area (Å²) in [6, 6.07) is 10.4. The maximum absolute atomic E-state index is 13.0. The van der Waals surface area contributed by atoms with E-state index in [-0.39, 0.29) is 17.1 Å². The predicted octanol–water partition coefficient (Wildman–Crippen LogP) is 5.90. The molecule has 3 saturated carbocycles. The summed E-state index contributed by atoms with van der Waals surface area (Å²) in [4.78, 5) is 13.0. The molecule has 34 heavy (non-hydrogen) atoms. The maximum atomic E-state index is 13.0. The number of aliphatic hydroxyl groups excluding tert-OH is 1.